The van der Waals surface area contributed by atoms with E-state index in [9.17, 15) is 4.79 Å². The zero-order chi connectivity index (χ0) is 16.4. The van der Waals surface area contributed by atoms with Gasteiger partial charge in [0.05, 0.1) is 22.8 Å². The lowest BCUT2D eigenvalue weighted by Gasteiger charge is -2.09. The number of H-pyrrole nitrogens is 1. The number of hydrogen-bond donors (Lipinski definition) is 2. The number of rotatable bonds is 4. The molecule has 5 heteroatoms. The highest BCUT2D eigenvalue weighted by Crippen LogP contribution is 2.32. The molecule has 0 saturated carbocycles. The van der Waals surface area contributed by atoms with Crippen LogP contribution in [0.4, 0.5) is 5.69 Å². The van der Waals surface area contributed by atoms with Gasteiger partial charge in [-0.05, 0) is 55.6 Å². The van der Waals surface area contributed by atoms with Gasteiger partial charge in [-0.1, -0.05) is 12.1 Å². The van der Waals surface area contributed by atoms with Crippen molar-refractivity contribution in [3.8, 4) is 6.07 Å². The Balaban J connectivity index is 1.93. The zero-order valence-electron chi connectivity index (χ0n) is 12.8. The summed E-state index contributed by atoms with van der Waals surface area (Å²) in [5, 5.41) is 9.91. The van der Waals surface area contributed by atoms with Gasteiger partial charge in [0.15, 0.2) is 5.78 Å². The Labute approximate surface area is 138 Å². The smallest absolute Gasteiger partial charge is 0.161 e. The molecule has 0 aliphatic heterocycles. The van der Waals surface area contributed by atoms with E-state index in [1.165, 1.54) is 11.9 Å². The summed E-state index contributed by atoms with van der Waals surface area (Å²) >= 11 is 1.44. The molecule has 114 valence electrons. The van der Waals surface area contributed by atoms with E-state index in [1.54, 1.807) is 19.2 Å². The SMILES string of the molecule is CC(=O)c1c[nH]c2c(NSc3cccc(C#N)c3)ccc(C)c12. The van der Waals surface area contributed by atoms with Gasteiger partial charge in [0.25, 0.3) is 0 Å². The summed E-state index contributed by atoms with van der Waals surface area (Å²) < 4.78 is 3.30. The zero-order valence-corrected chi connectivity index (χ0v) is 13.6. The van der Waals surface area contributed by atoms with Crippen LogP contribution in [0.3, 0.4) is 0 Å². The molecule has 3 aromatic rings. The van der Waals surface area contributed by atoms with Gasteiger partial charge in [-0.25, -0.2) is 0 Å². The molecular formula is C18H15N3OS. The van der Waals surface area contributed by atoms with E-state index < -0.39 is 0 Å². The second-order valence-corrected chi connectivity index (χ2v) is 6.16. The van der Waals surface area contributed by atoms with Crippen LogP contribution in [0.15, 0.2) is 47.5 Å². The molecule has 0 aliphatic rings. The Morgan fingerprint density at radius 3 is 2.87 bits per heavy atom. The molecule has 2 N–H and O–H groups in total. The van der Waals surface area contributed by atoms with E-state index in [2.05, 4.69) is 15.8 Å². The monoisotopic (exact) mass is 321 g/mol. The summed E-state index contributed by atoms with van der Waals surface area (Å²) in [4.78, 5) is 15.9. The van der Waals surface area contributed by atoms with E-state index in [-0.39, 0.29) is 5.78 Å². The van der Waals surface area contributed by atoms with Crippen LogP contribution in [0.2, 0.25) is 0 Å². The number of carbonyl (C=O) groups excluding carboxylic acids is 1. The lowest BCUT2D eigenvalue weighted by molar-refractivity contribution is 0.101. The molecule has 0 amide bonds. The van der Waals surface area contributed by atoms with Crippen LogP contribution in [0, 0.1) is 18.3 Å². The highest BCUT2D eigenvalue weighted by Gasteiger charge is 2.13. The van der Waals surface area contributed by atoms with Crippen molar-refractivity contribution < 1.29 is 4.79 Å². The maximum Gasteiger partial charge on any atom is 0.161 e. The molecule has 23 heavy (non-hydrogen) atoms. The average Bonchev–Trinajstić information content (AvgIpc) is 3.01. The van der Waals surface area contributed by atoms with Gasteiger partial charge < -0.3 is 9.71 Å². The third-order valence-electron chi connectivity index (χ3n) is 3.67. The predicted octanol–water partition coefficient (Wildman–Crippen LogP) is 4.67. The molecule has 0 bridgehead atoms. The Hall–Kier alpha value is -2.71. The summed E-state index contributed by atoms with van der Waals surface area (Å²) in [6.45, 7) is 3.57. The first-order chi connectivity index (χ1) is 11.1. The summed E-state index contributed by atoms with van der Waals surface area (Å²) in [5.41, 5.74) is 4.22. The van der Waals surface area contributed by atoms with Crippen molar-refractivity contribution >= 4 is 34.3 Å². The van der Waals surface area contributed by atoms with Crippen molar-refractivity contribution in [2.45, 2.75) is 18.7 Å². The van der Waals surface area contributed by atoms with E-state index in [1.807, 2.05) is 37.3 Å². The first-order valence-electron chi connectivity index (χ1n) is 7.15. The van der Waals surface area contributed by atoms with Crippen molar-refractivity contribution in [2.75, 3.05) is 4.72 Å². The van der Waals surface area contributed by atoms with Gasteiger partial charge >= 0.3 is 0 Å². The van der Waals surface area contributed by atoms with Crippen LogP contribution in [-0.2, 0) is 0 Å². The number of aromatic nitrogens is 1. The highest BCUT2D eigenvalue weighted by atomic mass is 32.2. The number of aryl methyl sites for hydroxylation is 1. The van der Waals surface area contributed by atoms with E-state index in [0.717, 1.165) is 27.0 Å². The molecule has 0 fully saturated rings. The van der Waals surface area contributed by atoms with Crippen LogP contribution in [0.25, 0.3) is 10.9 Å². The molecule has 2 aromatic carbocycles. The fourth-order valence-corrected chi connectivity index (χ4v) is 3.26. The molecule has 0 spiro atoms. The molecule has 3 rings (SSSR count). The summed E-state index contributed by atoms with van der Waals surface area (Å²) in [7, 11) is 0. The second kappa shape index (κ2) is 6.19. The van der Waals surface area contributed by atoms with Crippen molar-refractivity contribution in [1.82, 2.24) is 4.98 Å². The number of ketones is 1. The lowest BCUT2D eigenvalue weighted by atomic mass is 10.0. The number of benzene rings is 2. The number of Topliss-reactive ketones (excluding diaryl/α,β-unsaturated/α-hetero) is 1. The van der Waals surface area contributed by atoms with Crippen molar-refractivity contribution in [3.05, 3.63) is 59.3 Å². The Morgan fingerprint density at radius 1 is 1.30 bits per heavy atom. The van der Waals surface area contributed by atoms with Gasteiger partial charge in [0.2, 0.25) is 0 Å². The van der Waals surface area contributed by atoms with E-state index >= 15 is 0 Å². The Morgan fingerprint density at radius 2 is 2.13 bits per heavy atom. The predicted molar refractivity (Wildman–Crippen MR) is 93.7 cm³/mol. The Bertz CT molecular complexity index is 937. The topological polar surface area (TPSA) is 68.7 Å². The molecule has 1 heterocycles. The number of nitrogens with one attached hydrogen (secondary N) is 2. The minimum atomic E-state index is 0.0471. The largest absolute Gasteiger partial charge is 0.359 e. The molecule has 0 atom stereocenters. The number of hydrogen-bond acceptors (Lipinski definition) is 4. The fraction of sp³-hybridized carbons (Fsp3) is 0.111. The number of aromatic amines is 1. The van der Waals surface area contributed by atoms with Gasteiger partial charge in [0.1, 0.15) is 0 Å². The maximum absolute atomic E-state index is 11.8. The molecule has 0 aliphatic carbocycles. The standard InChI is InChI=1S/C18H15N3OS/c1-11-6-7-16(18-17(11)15(10-20-18)12(2)22)21-23-14-5-3-4-13(8-14)9-19/h3-8,10,20-21H,1-2H3. The average molecular weight is 321 g/mol. The summed E-state index contributed by atoms with van der Waals surface area (Å²) in [6, 6.07) is 13.5. The van der Waals surface area contributed by atoms with Crippen LogP contribution < -0.4 is 4.72 Å². The highest BCUT2D eigenvalue weighted by molar-refractivity contribution is 8.00. The molecule has 0 radical (unpaired) electrons. The number of anilines is 1. The van der Waals surface area contributed by atoms with Crippen LogP contribution in [0.5, 0.6) is 0 Å². The molecule has 1 aromatic heterocycles. The van der Waals surface area contributed by atoms with Crippen LogP contribution in [-0.4, -0.2) is 10.8 Å². The van der Waals surface area contributed by atoms with Gasteiger partial charge in [-0.15, -0.1) is 0 Å². The molecule has 0 saturated heterocycles. The normalized spacial score (nSPS) is 10.5. The van der Waals surface area contributed by atoms with E-state index in [4.69, 9.17) is 5.26 Å². The van der Waals surface area contributed by atoms with Gasteiger partial charge in [0, 0.05) is 22.0 Å². The summed E-state index contributed by atoms with van der Waals surface area (Å²) in [6.07, 6.45) is 1.76. The van der Waals surface area contributed by atoms with Crippen LogP contribution in [0.1, 0.15) is 28.4 Å². The maximum atomic E-state index is 11.8. The minimum Gasteiger partial charge on any atom is -0.359 e. The number of carbonyl (C=O) groups is 1. The second-order valence-electron chi connectivity index (χ2n) is 5.28. The number of fused-ring (bicyclic) bond motifs is 1. The lowest BCUT2D eigenvalue weighted by Crippen LogP contribution is -1.93. The Kier molecular flexibility index (Phi) is 4.09. The van der Waals surface area contributed by atoms with E-state index in [0.29, 0.717) is 11.1 Å². The number of nitrogens with zero attached hydrogens (tertiary/aromatic N) is 1. The minimum absolute atomic E-state index is 0.0471. The van der Waals surface area contributed by atoms with Gasteiger partial charge in [-0.2, -0.15) is 5.26 Å². The van der Waals surface area contributed by atoms with Crippen LogP contribution >= 0.6 is 11.9 Å². The first-order valence-corrected chi connectivity index (χ1v) is 7.96. The quantitative estimate of drug-likeness (QED) is 0.541. The fourth-order valence-electron chi connectivity index (χ4n) is 2.53. The van der Waals surface area contributed by atoms with Crippen molar-refractivity contribution in [1.29, 1.82) is 5.26 Å². The number of nitriles is 1. The van der Waals surface area contributed by atoms with Gasteiger partial charge in [-0.3, -0.25) is 4.79 Å². The molecule has 4 nitrogen and oxygen atoms in total. The molecule has 0 unspecified atom stereocenters. The summed E-state index contributed by atoms with van der Waals surface area (Å²) in [5.74, 6) is 0.0471. The third kappa shape index (κ3) is 2.94. The van der Waals surface area contributed by atoms with Crippen molar-refractivity contribution in [2.24, 2.45) is 0 Å². The molecular weight excluding hydrogens is 306 g/mol. The third-order valence-corrected chi connectivity index (χ3v) is 4.48. The van der Waals surface area contributed by atoms with Crippen molar-refractivity contribution in [3.63, 3.8) is 0 Å². The first kappa shape index (κ1) is 15.2.